The molecule has 5 aromatic rings. The summed E-state index contributed by atoms with van der Waals surface area (Å²) in [6.45, 7) is 0. The first-order valence-corrected chi connectivity index (χ1v) is 10.4. The first kappa shape index (κ1) is 19.8. The van der Waals surface area contributed by atoms with E-state index in [1.54, 1.807) is 14.2 Å². The fourth-order valence-electron chi connectivity index (χ4n) is 4.34. The zero-order valence-electron chi connectivity index (χ0n) is 18.0. The number of rotatable bonds is 6. The fourth-order valence-corrected chi connectivity index (χ4v) is 4.34. The molecule has 5 heteroatoms. The second-order valence-electron chi connectivity index (χ2n) is 7.53. The van der Waals surface area contributed by atoms with E-state index in [-0.39, 0.29) is 0 Å². The van der Waals surface area contributed by atoms with Crippen molar-refractivity contribution in [2.45, 2.75) is 5.54 Å². The summed E-state index contributed by atoms with van der Waals surface area (Å²) in [5.41, 5.74) is 4.11. The minimum Gasteiger partial charge on any atom is -0.497 e. The highest BCUT2D eigenvalue weighted by Crippen LogP contribution is 2.43. The molecule has 0 spiro atoms. The van der Waals surface area contributed by atoms with Crippen molar-refractivity contribution in [3.63, 3.8) is 0 Å². The van der Waals surface area contributed by atoms with Crippen LogP contribution in [0.5, 0.6) is 11.5 Å². The summed E-state index contributed by atoms with van der Waals surface area (Å²) in [6, 6.07) is 34.6. The van der Waals surface area contributed by atoms with Crippen LogP contribution in [-0.2, 0) is 5.54 Å². The topological polar surface area (TPSA) is 49.2 Å². The molecule has 0 aliphatic heterocycles. The van der Waals surface area contributed by atoms with Crippen molar-refractivity contribution in [2.75, 3.05) is 14.2 Å². The molecule has 0 saturated heterocycles. The van der Waals surface area contributed by atoms with Crippen LogP contribution in [0.3, 0.4) is 0 Å². The predicted molar refractivity (Wildman–Crippen MR) is 125 cm³/mol. The van der Waals surface area contributed by atoms with E-state index in [4.69, 9.17) is 9.47 Å². The lowest BCUT2D eigenvalue weighted by atomic mass is 9.76. The molecule has 1 heterocycles. The van der Waals surface area contributed by atoms with Crippen LogP contribution >= 0.6 is 0 Å². The van der Waals surface area contributed by atoms with Gasteiger partial charge in [-0.3, -0.25) is 0 Å². The number of benzene rings is 4. The van der Waals surface area contributed by atoms with E-state index in [2.05, 4.69) is 52.8 Å². The van der Waals surface area contributed by atoms with Crippen LogP contribution in [0.25, 0.3) is 11.0 Å². The van der Waals surface area contributed by atoms with Crippen LogP contribution in [0.4, 0.5) is 0 Å². The fraction of sp³-hybridized carbons (Fsp3) is 0.111. The Labute approximate surface area is 186 Å². The molecular weight excluding hydrogens is 398 g/mol. The Morgan fingerprint density at radius 3 is 2.03 bits per heavy atom. The quantitative estimate of drug-likeness (QED) is 0.350. The number of hydrogen-bond donors (Lipinski definition) is 0. The Kier molecular flexibility index (Phi) is 5.07. The molecule has 1 aromatic heterocycles. The molecule has 5 nitrogen and oxygen atoms in total. The lowest BCUT2D eigenvalue weighted by Gasteiger charge is -2.36. The zero-order chi connectivity index (χ0) is 22.0. The Balaban J connectivity index is 1.93. The Morgan fingerprint density at radius 1 is 0.625 bits per heavy atom. The van der Waals surface area contributed by atoms with Gasteiger partial charge in [0.05, 0.1) is 19.7 Å². The maximum Gasteiger partial charge on any atom is 0.140 e. The van der Waals surface area contributed by atoms with Crippen molar-refractivity contribution in [1.29, 1.82) is 0 Å². The van der Waals surface area contributed by atoms with Gasteiger partial charge in [0.25, 0.3) is 0 Å². The number of nitrogens with zero attached hydrogens (tertiary/aromatic N) is 3. The molecule has 1 unspecified atom stereocenters. The van der Waals surface area contributed by atoms with E-state index in [1.165, 1.54) is 0 Å². The van der Waals surface area contributed by atoms with Crippen LogP contribution in [0, 0.1) is 0 Å². The molecule has 0 bridgehead atoms. The Hall–Kier alpha value is -4.12. The third-order valence-corrected chi connectivity index (χ3v) is 5.86. The minimum atomic E-state index is -0.780. The number of para-hydroxylation sites is 1. The third-order valence-electron chi connectivity index (χ3n) is 5.86. The van der Waals surface area contributed by atoms with Crippen LogP contribution in [0.1, 0.15) is 16.7 Å². The third kappa shape index (κ3) is 3.10. The summed E-state index contributed by atoms with van der Waals surface area (Å²) in [7, 11) is 3.36. The maximum atomic E-state index is 5.60. The molecular formula is C27H23N3O2. The first-order valence-electron chi connectivity index (χ1n) is 10.4. The molecule has 1 atom stereocenters. The highest BCUT2D eigenvalue weighted by Gasteiger charge is 2.41. The number of aromatic nitrogens is 3. The van der Waals surface area contributed by atoms with Crippen molar-refractivity contribution in [3.05, 3.63) is 120 Å². The zero-order valence-corrected chi connectivity index (χ0v) is 18.0. The van der Waals surface area contributed by atoms with Gasteiger partial charge in [0.15, 0.2) is 0 Å². The van der Waals surface area contributed by atoms with E-state index in [0.29, 0.717) is 0 Å². The van der Waals surface area contributed by atoms with Gasteiger partial charge in [-0.1, -0.05) is 71.9 Å². The van der Waals surface area contributed by atoms with E-state index in [9.17, 15) is 0 Å². The van der Waals surface area contributed by atoms with E-state index >= 15 is 0 Å². The van der Waals surface area contributed by atoms with Gasteiger partial charge in [0, 0.05) is 0 Å². The number of ether oxygens (including phenoxy) is 2. The maximum absolute atomic E-state index is 5.60. The van der Waals surface area contributed by atoms with E-state index < -0.39 is 5.54 Å². The highest BCUT2D eigenvalue weighted by atomic mass is 16.5. The van der Waals surface area contributed by atoms with Gasteiger partial charge >= 0.3 is 0 Å². The van der Waals surface area contributed by atoms with Gasteiger partial charge in [-0.15, -0.1) is 5.10 Å². The number of hydrogen-bond acceptors (Lipinski definition) is 4. The molecule has 5 rings (SSSR count). The second-order valence-corrected chi connectivity index (χ2v) is 7.53. The van der Waals surface area contributed by atoms with E-state index in [1.807, 2.05) is 65.3 Å². The normalized spacial score (nSPS) is 12.9. The smallest absolute Gasteiger partial charge is 0.140 e. The molecule has 0 N–H and O–H groups in total. The van der Waals surface area contributed by atoms with Crippen molar-refractivity contribution >= 4 is 11.0 Å². The molecule has 0 amide bonds. The molecule has 0 aliphatic carbocycles. The second kappa shape index (κ2) is 8.19. The molecule has 0 aliphatic rings. The molecule has 4 aromatic carbocycles. The summed E-state index contributed by atoms with van der Waals surface area (Å²) < 4.78 is 13.0. The van der Waals surface area contributed by atoms with Gasteiger partial charge in [-0.2, -0.15) is 0 Å². The number of methoxy groups -OCH3 is 2. The van der Waals surface area contributed by atoms with E-state index in [0.717, 1.165) is 39.2 Å². The van der Waals surface area contributed by atoms with Crippen molar-refractivity contribution < 1.29 is 9.47 Å². The highest BCUT2D eigenvalue weighted by molar-refractivity contribution is 5.75. The van der Waals surface area contributed by atoms with Crippen LogP contribution in [-0.4, -0.2) is 29.2 Å². The van der Waals surface area contributed by atoms with Gasteiger partial charge in [-0.05, 0) is 53.1 Å². The molecule has 32 heavy (non-hydrogen) atoms. The van der Waals surface area contributed by atoms with Crippen molar-refractivity contribution in [1.82, 2.24) is 15.0 Å². The molecule has 0 fully saturated rings. The predicted octanol–water partition coefficient (Wildman–Crippen LogP) is 5.29. The lowest BCUT2D eigenvalue weighted by molar-refractivity contribution is 0.408. The Bertz CT molecular complexity index is 1350. The monoisotopic (exact) mass is 421 g/mol. The van der Waals surface area contributed by atoms with Crippen molar-refractivity contribution in [3.8, 4) is 11.5 Å². The average Bonchev–Trinajstić information content (AvgIpc) is 3.30. The lowest BCUT2D eigenvalue weighted by Crippen LogP contribution is -2.38. The van der Waals surface area contributed by atoms with Crippen LogP contribution in [0.2, 0.25) is 0 Å². The van der Waals surface area contributed by atoms with Crippen LogP contribution < -0.4 is 9.47 Å². The molecule has 158 valence electrons. The first-order chi connectivity index (χ1) is 15.8. The summed E-state index contributed by atoms with van der Waals surface area (Å²) in [5.74, 6) is 1.57. The van der Waals surface area contributed by atoms with Gasteiger partial charge in [-0.25, -0.2) is 4.68 Å². The summed E-state index contributed by atoms with van der Waals surface area (Å²) in [5, 5.41) is 9.18. The van der Waals surface area contributed by atoms with Gasteiger partial charge in [0.2, 0.25) is 0 Å². The number of fused-ring (bicyclic) bond motifs is 1. The van der Waals surface area contributed by atoms with Crippen LogP contribution in [0.15, 0.2) is 103 Å². The minimum absolute atomic E-state index is 0.778. The molecule has 0 radical (unpaired) electrons. The summed E-state index contributed by atoms with van der Waals surface area (Å²) in [4.78, 5) is 0. The standard InChI is InChI=1S/C27H23N3O2/c1-31-23-17-15-21(16-18-23)27(20-9-4-3-5-10-20,22-11-8-12-24(19-22)32-2)30-26-14-7-6-13-25(26)28-29-30/h3-19H,1-2H3. The summed E-state index contributed by atoms with van der Waals surface area (Å²) >= 11 is 0. The van der Waals surface area contributed by atoms with Crippen molar-refractivity contribution in [2.24, 2.45) is 0 Å². The average molecular weight is 422 g/mol. The molecule has 0 saturated carbocycles. The summed E-state index contributed by atoms with van der Waals surface area (Å²) in [6.07, 6.45) is 0. The van der Waals surface area contributed by atoms with Gasteiger partial charge in [0.1, 0.15) is 22.6 Å². The largest absolute Gasteiger partial charge is 0.497 e. The SMILES string of the molecule is COc1ccc(C(c2ccccc2)(c2cccc(OC)c2)n2nnc3ccccc32)cc1. The Morgan fingerprint density at radius 2 is 1.28 bits per heavy atom. The van der Waals surface area contributed by atoms with Gasteiger partial charge < -0.3 is 9.47 Å².